The lowest BCUT2D eigenvalue weighted by Crippen LogP contribution is -2.41. The third-order valence-corrected chi connectivity index (χ3v) is 6.43. The maximum absolute atomic E-state index is 12.2. The average Bonchev–Trinajstić information content (AvgIpc) is 2.56. The Labute approximate surface area is 129 Å². The zero-order chi connectivity index (χ0) is 14.8. The molecule has 0 fully saturated rings. The van der Waals surface area contributed by atoms with Crippen molar-refractivity contribution in [3.05, 3.63) is 13.6 Å². The van der Waals surface area contributed by atoms with Gasteiger partial charge >= 0.3 is 5.97 Å². The Bertz CT molecular complexity index is 597. The second-order valence-corrected chi connectivity index (χ2v) is 8.98. The van der Waals surface area contributed by atoms with Crippen molar-refractivity contribution in [2.24, 2.45) is 5.73 Å². The van der Waals surface area contributed by atoms with Crippen LogP contribution in [0.15, 0.2) is 18.5 Å². The first-order chi connectivity index (χ1) is 8.64. The molecule has 0 aliphatic heterocycles. The average molecular weight is 436 g/mol. The van der Waals surface area contributed by atoms with Gasteiger partial charge in [-0.25, -0.2) is 8.42 Å². The summed E-state index contributed by atoms with van der Waals surface area (Å²) in [4.78, 5) is 21.4. The largest absolute Gasteiger partial charge is 0.480 e. The van der Waals surface area contributed by atoms with Gasteiger partial charge in [0.05, 0.1) is 14.1 Å². The maximum atomic E-state index is 12.2. The minimum atomic E-state index is -4.12. The first-order valence-electron chi connectivity index (χ1n) is 4.59. The van der Waals surface area contributed by atoms with E-state index in [1.54, 1.807) is 0 Å². The van der Waals surface area contributed by atoms with Crippen LogP contribution in [0.4, 0.5) is 0 Å². The van der Waals surface area contributed by atoms with Gasteiger partial charge in [0.15, 0.2) is 0 Å². The fourth-order valence-electron chi connectivity index (χ4n) is 1.19. The van der Waals surface area contributed by atoms with Crippen molar-refractivity contribution in [2.45, 2.75) is 4.90 Å². The van der Waals surface area contributed by atoms with E-state index in [0.29, 0.717) is 11.9 Å². The lowest BCUT2D eigenvalue weighted by atomic mass is 10.5. The summed E-state index contributed by atoms with van der Waals surface area (Å²) in [5.41, 5.74) is 4.93. The summed E-state index contributed by atoms with van der Waals surface area (Å²) in [6, 6.07) is 1.32. The molecule has 0 saturated heterocycles. The topological polar surface area (TPSA) is 118 Å². The molecule has 19 heavy (non-hydrogen) atoms. The van der Waals surface area contributed by atoms with Crippen LogP contribution in [0.5, 0.6) is 0 Å². The van der Waals surface area contributed by atoms with E-state index in [1.165, 1.54) is 6.07 Å². The van der Waals surface area contributed by atoms with E-state index >= 15 is 0 Å². The summed E-state index contributed by atoms with van der Waals surface area (Å²) in [6.07, 6.45) is 0. The van der Waals surface area contributed by atoms with Crippen molar-refractivity contribution >= 4 is 65.1 Å². The second kappa shape index (κ2) is 6.31. The first kappa shape index (κ1) is 16.6. The van der Waals surface area contributed by atoms with E-state index < -0.39 is 35.0 Å². The number of carboxylic acid groups (broad SMARTS) is 1. The van der Waals surface area contributed by atoms with E-state index in [4.69, 9.17) is 10.8 Å². The molecular weight excluding hydrogens is 428 g/mol. The van der Waals surface area contributed by atoms with Crippen LogP contribution in [0.1, 0.15) is 0 Å². The number of carboxylic acids is 1. The normalized spacial score (nSPS) is 11.7. The lowest BCUT2D eigenvalue weighted by molar-refractivity contribution is -0.137. The minimum absolute atomic E-state index is 0.119. The predicted octanol–water partition coefficient (Wildman–Crippen LogP) is 0.834. The smallest absolute Gasteiger partial charge is 0.318 e. The van der Waals surface area contributed by atoms with Gasteiger partial charge in [0, 0.05) is 0 Å². The molecule has 0 atom stereocenters. The summed E-state index contributed by atoms with van der Waals surface area (Å²) in [5, 5.41) is 8.70. The highest BCUT2D eigenvalue weighted by Crippen LogP contribution is 2.36. The standard InChI is InChI=1S/C8H8Br2N2O5S2/c9-5-1-4(8(10)18-5)19(16,17)12(2-6(11)13)3-7(14)15/h1H,2-3H2,(H2,11,13)(H,14,15). The number of carbonyl (C=O) groups excluding carboxylic acids is 1. The second-order valence-electron chi connectivity index (χ2n) is 3.32. The minimum Gasteiger partial charge on any atom is -0.480 e. The molecule has 0 saturated carbocycles. The van der Waals surface area contributed by atoms with E-state index in [2.05, 4.69) is 31.9 Å². The van der Waals surface area contributed by atoms with E-state index in [9.17, 15) is 18.0 Å². The van der Waals surface area contributed by atoms with Gasteiger partial charge in [0.1, 0.15) is 11.4 Å². The molecule has 106 valence electrons. The van der Waals surface area contributed by atoms with Crippen LogP contribution in [0.25, 0.3) is 0 Å². The van der Waals surface area contributed by atoms with Crippen LogP contribution in [0.2, 0.25) is 0 Å². The van der Waals surface area contributed by atoms with Crippen molar-refractivity contribution in [1.82, 2.24) is 4.31 Å². The van der Waals surface area contributed by atoms with Gasteiger partial charge in [-0.2, -0.15) is 4.31 Å². The number of carbonyl (C=O) groups is 2. The third kappa shape index (κ3) is 4.24. The number of halogens is 2. The molecule has 1 aromatic heterocycles. The van der Waals surface area contributed by atoms with Crippen molar-refractivity contribution < 1.29 is 23.1 Å². The highest BCUT2D eigenvalue weighted by atomic mass is 79.9. The van der Waals surface area contributed by atoms with Crippen LogP contribution >= 0.6 is 43.2 Å². The molecule has 0 aliphatic rings. The summed E-state index contributed by atoms with van der Waals surface area (Å²) in [7, 11) is -4.12. The van der Waals surface area contributed by atoms with Gasteiger partial charge in [-0.3, -0.25) is 9.59 Å². The zero-order valence-electron chi connectivity index (χ0n) is 9.17. The van der Waals surface area contributed by atoms with E-state index in [1.807, 2.05) is 0 Å². The van der Waals surface area contributed by atoms with Crippen LogP contribution < -0.4 is 5.73 Å². The molecule has 0 bridgehead atoms. The molecule has 1 aromatic rings. The predicted molar refractivity (Wildman–Crippen MR) is 75.3 cm³/mol. The molecule has 0 aliphatic carbocycles. The molecule has 11 heteroatoms. The molecule has 1 amide bonds. The van der Waals surface area contributed by atoms with Gasteiger partial charge in [-0.15, -0.1) is 11.3 Å². The van der Waals surface area contributed by atoms with E-state index in [0.717, 1.165) is 11.3 Å². The molecular formula is C8H8Br2N2O5S2. The monoisotopic (exact) mass is 434 g/mol. The Balaban J connectivity index is 3.22. The number of rotatable bonds is 6. The number of primary amides is 1. The Morgan fingerprint density at radius 1 is 1.37 bits per heavy atom. The number of nitrogens with zero attached hydrogens (tertiary/aromatic N) is 1. The maximum Gasteiger partial charge on any atom is 0.318 e. The number of thiophene rings is 1. The molecule has 0 radical (unpaired) electrons. The fourth-order valence-corrected chi connectivity index (χ4v) is 6.31. The van der Waals surface area contributed by atoms with Gasteiger partial charge in [-0.05, 0) is 37.9 Å². The molecule has 1 heterocycles. The fraction of sp³-hybridized carbons (Fsp3) is 0.250. The number of sulfonamides is 1. The number of amides is 1. The number of hydrogen-bond acceptors (Lipinski definition) is 5. The van der Waals surface area contributed by atoms with Gasteiger partial charge in [0.25, 0.3) is 0 Å². The van der Waals surface area contributed by atoms with E-state index in [-0.39, 0.29) is 4.90 Å². The van der Waals surface area contributed by atoms with Crippen LogP contribution in [0, 0.1) is 0 Å². The van der Waals surface area contributed by atoms with Gasteiger partial charge in [0.2, 0.25) is 15.9 Å². The lowest BCUT2D eigenvalue weighted by Gasteiger charge is -2.18. The quantitative estimate of drug-likeness (QED) is 0.686. The summed E-state index contributed by atoms with van der Waals surface area (Å²) in [6.45, 7) is -1.54. The molecule has 0 aromatic carbocycles. The van der Waals surface area contributed by atoms with Crippen molar-refractivity contribution in [1.29, 1.82) is 0 Å². The molecule has 3 N–H and O–H groups in total. The Morgan fingerprint density at radius 3 is 2.32 bits per heavy atom. The first-order valence-corrected chi connectivity index (χ1v) is 8.44. The number of nitrogens with two attached hydrogens (primary N) is 1. The van der Waals surface area contributed by atoms with Gasteiger partial charge in [-0.1, -0.05) is 0 Å². The zero-order valence-corrected chi connectivity index (χ0v) is 14.0. The van der Waals surface area contributed by atoms with Crippen LogP contribution in [-0.2, 0) is 19.6 Å². The third-order valence-electron chi connectivity index (χ3n) is 1.89. The van der Waals surface area contributed by atoms with Gasteiger partial charge < -0.3 is 10.8 Å². The van der Waals surface area contributed by atoms with Crippen LogP contribution in [-0.4, -0.2) is 42.8 Å². The Hall–Kier alpha value is -0.490. The molecule has 7 nitrogen and oxygen atoms in total. The number of hydrogen-bond donors (Lipinski definition) is 2. The highest BCUT2D eigenvalue weighted by molar-refractivity contribution is 9.12. The molecule has 0 unspecified atom stereocenters. The molecule has 1 rings (SSSR count). The molecule has 0 spiro atoms. The number of aliphatic carboxylic acids is 1. The highest BCUT2D eigenvalue weighted by Gasteiger charge is 2.30. The van der Waals surface area contributed by atoms with Crippen LogP contribution in [0.3, 0.4) is 0 Å². The Morgan fingerprint density at radius 2 is 1.95 bits per heavy atom. The Kier molecular flexibility index (Phi) is 5.50. The summed E-state index contributed by atoms with van der Waals surface area (Å²) < 4.78 is 25.9. The summed E-state index contributed by atoms with van der Waals surface area (Å²) in [5.74, 6) is -2.31. The SMILES string of the molecule is NC(=O)CN(CC(=O)O)S(=O)(=O)c1cc(Br)sc1Br. The van der Waals surface area contributed by atoms with Crippen molar-refractivity contribution in [3.8, 4) is 0 Å². The van der Waals surface area contributed by atoms with Crippen molar-refractivity contribution in [2.75, 3.05) is 13.1 Å². The summed E-state index contributed by atoms with van der Waals surface area (Å²) >= 11 is 7.31. The van der Waals surface area contributed by atoms with Crippen molar-refractivity contribution in [3.63, 3.8) is 0 Å².